The first kappa shape index (κ1) is 12.1. The van der Waals surface area contributed by atoms with E-state index in [4.69, 9.17) is 0 Å². The molecule has 15 heavy (non-hydrogen) atoms. The Kier molecular flexibility index (Phi) is 4.20. The SMILES string of the molecule is CCCCCC(C)(O)Cc1nnn(C)n1. The first-order valence-electron chi connectivity index (χ1n) is 5.49. The minimum atomic E-state index is -0.710. The molecule has 1 N–H and O–H groups in total. The Morgan fingerprint density at radius 2 is 2.13 bits per heavy atom. The highest BCUT2D eigenvalue weighted by Crippen LogP contribution is 2.17. The summed E-state index contributed by atoms with van der Waals surface area (Å²) in [5, 5.41) is 21.8. The van der Waals surface area contributed by atoms with Crippen molar-refractivity contribution in [2.24, 2.45) is 7.05 Å². The molecule has 0 aliphatic carbocycles. The number of hydrogen-bond donors (Lipinski definition) is 1. The van der Waals surface area contributed by atoms with Gasteiger partial charge in [-0.25, -0.2) is 0 Å². The quantitative estimate of drug-likeness (QED) is 0.717. The summed E-state index contributed by atoms with van der Waals surface area (Å²) in [7, 11) is 1.72. The minimum absolute atomic E-state index is 0.477. The van der Waals surface area contributed by atoms with Crippen molar-refractivity contribution in [2.45, 2.75) is 51.6 Å². The Bertz CT molecular complexity index is 295. The summed E-state index contributed by atoms with van der Waals surface area (Å²) >= 11 is 0. The topological polar surface area (TPSA) is 63.8 Å². The highest BCUT2D eigenvalue weighted by atomic mass is 16.3. The van der Waals surface area contributed by atoms with Crippen molar-refractivity contribution in [1.29, 1.82) is 0 Å². The molecule has 0 aliphatic heterocycles. The van der Waals surface area contributed by atoms with Crippen LogP contribution in [0.5, 0.6) is 0 Å². The van der Waals surface area contributed by atoms with Crippen molar-refractivity contribution in [3.05, 3.63) is 5.82 Å². The summed E-state index contributed by atoms with van der Waals surface area (Å²) in [5.41, 5.74) is -0.710. The zero-order valence-corrected chi connectivity index (χ0v) is 9.77. The lowest BCUT2D eigenvalue weighted by Crippen LogP contribution is -2.27. The van der Waals surface area contributed by atoms with E-state index in [0.717, 1.165) is 19.3 Å². The van der Waals surface area contributed by atoms with Crippen LogP contribution < -0.4 is 0 Å². The summed E-state index contributed by atoms with van der Waals surface area (Å²) in [6.07, 6.45) is 4.64. The molecular formula is C10H20N4O. The van der Waals surface area contributed by atoms with Crippen LogP contribution in [-0.2, 0) is 13.5 Å². The fraction of sp³-hybridized carbons (Fsp3) is 0.900. The third-order valence-corrected chi connectivity index (χ3v) is 2.41. The third-order valence-electron chi connectivity index (χ3n) is 2.41. The van der Waals surface area contributed by atoms with Gasteiger partial charge in [0.25, 0.3) is 0 Å². The van der Waals surface area contributed by atoms with Gasteiger partial charge in [0, 0.05) is 6.42 Å². The Morgan fingerprint density at radius 3 is 2.67 bits per heavy atom. The highest BCUT2D eigenvalue weighted by molar-refractivity contribution is 4.88. The van der Waals surface area contributed by atoms with E-state index in [1.54, 1.807) is 7.05 Å². The second-order valence-corrected chi connectivity index (χ2v) is 4.33. The molecule has 0 amide bonds. The maximum Gasteiger partial charge on any atom is 0.177 e. The summed E-state index contributed by atoms with van der Waals surface area (Å²) in [4.78, 5) is 1.41. The van der Waals surface area contributed by atoms with Crippen molar-refractivity contribution in [2.75, 3.05) is 0 Å². The summed E-state index contributed by atoms with van der Waals surface area (Å²) < 4.78 is 0. The van der Waals surface area contributed by atoms with E-state index in [2.05, 4.69) is 22.3 Å². The lowest BCUT2D eigenvalue weighted by molar-refractivity contribution is 0.0465. The number of aliphatic hydroxyl groups is 1. The molecule has 0 saturated heterocycles. The lowest BCUT2D eigenvalue weighted by Gasteiger charge is -2.21. The largest absolute Gasteiger partial charge is 0.390 e. The van der Waals surface area contributed by atoms with Gasteiger partial charge in [-0.3, -0.25) is 0 Å². The third kappa shape index (κ3) is 4.38. The van der Waals surface area contributed by atoms with Gasteiger partial charge in [0.15, 0.2) is 5.82 Å². The fourth-order valence-electron chi connectivity index (χ4n) is 1.58. The van der Waals surface area contributed by atoms with Crippen LogP contribution in [0.4, 0.5) is 0 Å². The fourth-order valence-corrected chi connectivity index (χ4v) is 1.58. The molecule has 0 saturated carbocycles. The van der Waals surface area contributed by atoms with E-state index in [1.165, 1.54) is 11.2 Å². The number of nitrogens with zero attached hydrogens (tertiary/aromatic N) is 4. The molecule has 0 bridgehead atoms. The van der Waals surface area contributed by atoms with E-state index in [1.807, 2.05) is 6.92 Å². The van der Waals surface area contributed by atoms with Crippen molar-refractivity contribution >= 4 is 0 Å². The van der Waals surface area contributed by atoms with Crippen LogP contribution in [0.1, 0.15) is 45.4 Å². The van der Waals surface area contributed by atoms with Gasteiger partial charge in [0.05, 0.1) is 12.6 Å². The molecule has 1 aromatic heterocycles. The molecule has 0 aromatic carbocycles. The Balaban J connectivity index is 2.41. The van der Waals surface area contributed by atoms with Gasteiger partial charge in [-0.1, -0.05) is 26.2 Å². The van der Waals surface area contributed by atoms with E-state index in [9.17, 15) is 5.11 Å². The number of rotatable bonds is 6. The average molecular weight is 212 g/mol. The second-order valence-electron chi connectivity index (χ2n) is 4.33. The predicted molar refractivity (Wildman–Crippen MR) is 57.3 cm³/mol. The Morgan fingerprint density at radius 1 is 1.40 bits per heavy atom. The predicted octanol–water partition coefficient (Wildman–Crippen LogP) is 1.08. The lowest BCUT2D eigenvalue weighted by atomic mass is 9.94. The number of aromatic nitrogens is 4. The molecule has 5 nitrogen and oxygen atoms in total. The van der Waals surface area contributed by atoms with Crippen LogP contribution in [0, 0.1) is 0 Å². The minimum Gasteiger partial charge on any atom is -0.390 e. The van der Waals surface area contributed by atoms with Crippen molar-refractivity contribution in [1.82, 2.24) is 20.2 Å². The van der Waals surface area contributed by atoms with Crippen LogP contribution in [0.3, 0.4) is 0 Å². The van der Waals surface area contributed by atoms with E-state index in [-0.39, 0.29) is 0 Å². The molecule has 86 valence electrons. The van der Waals surface area contributed by atoms with Gasteiger partial charge in [0.1, 0.15) is 0 Å². The highest BCUT2D eigenvalue weighted by Gasteiger charge is 2.22. The average Bonchev–Trinajstić information content (AvgIpc) is 2.50. The van der Waals surface area contributed by atoms with Crippen LogP contribution in [0.25, 0.3) is 0 Å². The van der Waals surface area contributed by atoms with E-state index in [0.29, 0.717) is 12.2 Å². The molecule has 1 atom stereocenters. The summed E-state index contributed by atoms with van der Waals surface area (Å²) in [5.74, 6) is 0.610. The van der Waals surface area contributed by atoms with Crippen molar-refractivity contribution in [3.63, 3.8) is 0 Å². The Labute approximate surface area is 90.5 Å². The molecular weight excluding hydrogens is 192 g/mol. The maximum atomic E-state index is 10.1. The summed E-state index contributed by atoms with van der Waals surface area (Å²) in [6, 6.07) is 0. The van der Waals surface area contributed by atoms with Crippen molar-refractivity contribution in [3.8, 4) is 0 Å². The van der Waals surface area contributed by atoms with Crippen molar-refractivity contribution < 1.29 is 5.11 Å². The van der Waals surface area contributed by atoms with Gasteiger partial charge in [-0.05, 0) is 18.6 Å². The molecule has 0 spiro atoms. The normalized spacial score (nSPS) is 15.2. The molecule has 1 heterocycles. The Hall–Kier alpha value is -0.970. The number of unbranched alkanes of at least 4 members (excludes halogenated alkanes) is 2. The standard InChI is InChI=1S/C10H20N4O/c1-4-5-6-7-10(2,15)8-9-11-13-14(3)12-9/h15H,4-8H2,1-3H3. The van der Waals surface area contributed by atoms with E-state index < -0.39 is 5.60 Å². The monoisotopic (exact) mass is 212 g/mol. The molecule has 0 aliphatic rings. The molecule has 0 radical (unpaired) electrons. The molecule has 1 rings (SSSR count). The number of tetrazole rings is 1. The van der Waals surface area contributed by atoms with Gasteiger partial charge in [0.2, 0.25) is 0 Å². The number of hydrogen-bond acceptors (Lipinski definition) is 4. The maximum absolute atomic E-state index is 10.1. The second kappa shape index (κ2) is 5.21. The zero-order chi connectivity index (χ0) is 11.3. The summed E-state index contributed by atoms with van der Waals surface area (Å²) in [6.45, 7) is 3.98. The van der Waals surface area contributed by atoms with Crippen LogP contribution in [-0.4, -0.2) is 30.9 Å². The van der Waals surface area contributed by atoms with Gasteiger partial charge in [-0.15, -0.1) is 10.2 Å². The van der Waals surface area contributed by atoms with Gasteiger partial charge >= 0.3 is 0 Å². The number of aryl methyl sites for hydroxylation is 1. The molecule has 5 heteroatoms. The first-order valence-corrected chi connectivity index (χ1v) is 5.49. The molecule has 1 aromatic rings. The van der Waals surface area contributed by atoms with Gasteiger partial charge < -0.3 is 5.11 Å². The van der Waals surface area contributed by atoms with Crippen LogP contribution in [0.15, 0.2) is 0 Å². The van der Waals surface area contributed by atoms with Gasteiger partial charge in [-0.2, -0.15) is 4.80 Å². The van der Waals surface area contributed by atoms with E-state index >= 15 is 0 Å². The first-order chi connectivity index (χ1) is 7.03. The molecule has 1 unspecified atom stereocenters. The van der Waals surface area contributed by atoms with Crippen LogP contribution >= 0.6 is 0 Å². The van der Waals surface area contributed by atoms with Crippen LogP contribution in [0.2, 0.25) is 0 Å². The smallest absolute Gasteiger partial charge is 0.177 e. The zero-order valence-electron chi connectivity index (χ0n) is 9.77. The molecule has 0 fully saturated rings.